The zero-order chi connectivity index (χ0) is 18.6. The standard InChI is InChI=1S/C17H17N5O2S2/c18-26(23,24)15-8-6-14(7-9-15)19-17(25)20-16-10-11-22(21-16)12-13-4-2-1-3-5-13/h1-11H,12H2,(H2,18,23,24)(H2,19,20,21,25). The number of nitrogens with one attached hydrogen (secondary N) is 2. The van der Waals surface area contributed by atoms with Gasteiger partial charge in [-0.05, 0) is 42.0 Å². The lowest BCUT2D eigenvalue weighted by atomic mass is 10.2. The molecule has 0 fully saturated rings. The summed E-state index contributed by atoms with van der Waals surface area (Å²) in [6.07, 6.45) is 1.86. The molecule has 0 amide bonds. The number of hydrogen-bond acceptors (Lipinski definition) is 4. The number of rotatable bonds is 5. The maximum atomic E-state index is 11.2. The smallest absolute Gasteiger partial charge is 0.238 e. The summed E-state index contributed by atoms with van der Waals surface area (Å²) in [6, 6.07) is 17.8. The Labute approximate surface area is 156 Å². The van der Waals surface area contributed by atoms with E-state index in [-0.39, 0.29) is 4.90 Å². The second-order valence-corrected chi connectivity index (χ2v) is 7.50. The van der Waals surface area contributed by atoms with Gasteiger partial charge in [0, 0.05) is 18.0 Å². The molecule has 4 N–H and O–H groups in total. The fourth-order valence-corrected chi connectivity index (χ4v) is 3.03. The predicted molar refractivity (Wildman–Crippen MR) is 105 cm³/mol. The molecule has 0 aliphatic rings. The van der Waals surface area contributed by atoms with E-state index in [9.17, 15) is 8.42 Å². The van der Waals surface area contributed by atoms with Crippen LogP contribution < -0.4 is 15.8 Å². The van der Waals surface area contributed by atoms with Crippen LogP contribution in [-0.4, -0.2) is 23.3 Å². The summed E-state index contributed by atoms with van der Waals surface area (Å²) >= 11 is 5.25. The number of anilines is 2. The van der Waals surface area contributed by atoms with Crippen molar-refractivity contribution in [3.63, 3.8) is 0 Å². The number of thiocarbonyl (C=S) groups is 1. The minimum absolute atomic E-state index is 0.0431. The third kappa shape index (κ3) is 4.88. The van der Waals surface area contributed by atoms with Crippen molar-refractivity contribution in [2.75, 3.05) is 10.6 Å². The molecule has 0 saturated carbocycles. The van der Waals surface area contributed by atoms with Crippen LogP contribution in [0.5, 0.6) is 0 Å². The van der Waals surface area contributed by atoms with Gasteiger partial charge in [-0.1, -0.05) is 30.3 Å². The van der Waals surface area contributed by atoms with Crippen LogP contribution >= 0.6 is 12.2 Å². The number of sulfonamides is 1. The highest BCUT2D eigenvalue weighted by Crippen LogP contribution is 2.13. The van der Waals surface area contributed by atoms with Crippen LogP contribution in [0, 0.1) is 0 Å². The minimum Gasteiger partial charge on any atom is -0.332 e. The first kappa shape index (κ1) is 18.1. The van der Waals surface area contributed by atoms with E-state index in [2.05, 4.69) is 15.7 Å². The SMILES string of the molecule is NS(=O)(=O)c1ccc(NC(=S)Nc2ccn(Cc3ccccc3)n2)cc1. The van der Waals surface area contributed by atoms with E-state index < -0.39 is 10.0 Å². The highest BCUT2D eigenvalue weighted by atomic mass is 32.2. The third-order valence-corrected chi connectivity index (χ3v) is 4.64. The lowest BCUT2D eigenvalue weighted by Crippen LogP contribution is -2.19. The normalized spacial score (nSPS) is 11.1. The number of primary sulfonamides is 1. The van der Waals surface area contributed by atoms with E-state index in [0.29, 0.717) is 23.2 Å². The van der Waals surface area contributed by atoms with Gasteiger partial charge in [0.1, 0.15) is 0 Å². The Morgan fingerprint density at radius 2 is 1.73 bits per heavy atom. The van der Waals surface area contributed by atoms with Crippen LogP contribution in [0.25, 0.3) is 0 Å². The molecule has 0 saturated heterocycles. The Kier molecular flexibility index (Phi) is 5.31. The number of nitrogens with zero attached hydrogens (tertiary/aromatic N) is 2. The molecule has 3 aromatic rings. The first-order chi connectivity index (χ1) is 12.4. The van der Waals surface area contributed by atoms with Crippen molar-refractivity contribution in [1.82, 2.24) is 9.78 Å². The molecular weight excluding hydrogens is 370 g/mol. The molecule has 3 rings (SSSR count). The van der Waals surface area contributed by atoms with E-state index in [4.69, 9.17) is 17.4 Å². The zero-order valence-corrected chi connectivity index (χ0v) is 15.3. The largest absolute Gasteiger partial charge is 0.332 e. The third-order valence-electron chi connectivity index (χ3n) is 3.51. The van der Waals surface area contributed by atoms with Crippen LogP contribution in [0.2, 0.25) is 0 Å². The van der Waals surface area contributed by atoms with Gasteiger partial charge in [0.15, 0.2) is 10.9 Å². The van der Waals surface area contributed by atoms with Crippen molar-refractivity contribution in [3.8, 4) is 0 Å². The number of hydrogen-bond donors (Lipinski definition) is 3. The minimum atomic E-state index is -3.71. The molecule has 0 radical (unpaired) electrons. The van der Waals surface area contributed by atoms with Gasteiger partial charge in [-0.15, -0.1) is 0 Å². The quantitative estimate of drug-likeness (QED) is 0.581. The van der Waals surface area contributed by atoms with Crippen LogP contribution in [0.15, 0.2) is 71.8 Å². The highest BCUT2D eigenvalue weighted by Gasteiger charge is 2.08. The summed E-state index contributed by atoms with van der Waals surface area (Å²) in [7, 11) is -3.71. The lowest BCUT2D eigenvalue weighted by molar-refractivity contribution is 0.598. The average Bonchev–Trinajstić information content (AvgIpc) is 3.02. The van der Waals surface area contributed by atoms with Crippen LogP contribution in [-0.2, 0) is 16.6 Å². The van der Waals surface area contributed by atoms with Crippen molar-refractivity contribution in [2.24, 2.45) is 5.14 Å². The molecule has 0 aliphatic carbocycles. The summed E-state index contributed by atoms with van der Waals surface area (Å²) in [5.41, 5.74) is 1.79. The molecular formula is C17H17N5O2S2. The van der Waals surface area contributed by atoms with E-state index in [0.717, 1.165) is 5.56 Å². The van der Waals surface area contributed by atoms with Gasteiger partial charge in [-0.25, -0.2) is 13.6 Å². The van der Waals surface area contributed by atoms with E-state index >= 15 is 0 Å². The van der Waals surface area contributed by atoms with Gasteiger partial charge in [0.2, 0.25) is 10.0 Å². The molecule has 0 aliphatic heterocycles. The molecule has 0 unspecified atom stereocenters. The van der Waals surface area contributed by atoms with Crippen LogP contribution in [0.1, 0.15) is 5.56 Å². The Morgan fingerprint density at radius 3 is 2.38 bits per heavy atom. The van der Waals surface area contributed by atoms with Crippen molar-refractivity contribution >= 4 is 38.9 Å². The summed E-state index contributed by atoms with van der Waals surface area (Å²) in [4.78, 5) is 0.0431. The molecule has 1 aromatic heterocycles. The monoisotopic (exact) mass is 387 g/mol. The van der Waals surface area contributed by atoms with E-state index in [1.54, 1.807) is 16.8 Å². The molecule has 7 nitrogen and oxygen atoms in total. The van der Waals surface area contributed by atoms with E-state index in [1.165, 1.54) is 12.1 Å². The Morgan fingerprint density at radius 1 is 1.04 bits per heavy atom. The van der Waals surface area contributed by atoms with Crippen LogP contribution in [0.4, 0.5) is 11.5 Å². The second kappa shape index (κ2) is 7.65. The summed E-state index contributed by atoms with van der Waals surface area (Å²) in [5, 5.41) is 15.8. The van der Waals surface area contributed by atoms with Crippen LogP contribution in [0.3, 0.4) is 0 Å². The molecule has 26 heavy (non-hydrogen) atoms. The summed E-state index contributed by atoms with van der Waals surface area (Å²) < 4.78 is 24.3. The topological polar surface area (TPSA) is 102 Å². The molecule has 0 spiro atoms. The van der Waals surface area contributed by atoms with Gasteiger partial charge in [-0.3, -0.25) is 4.68 Å². The molecule has 2 aromatic carbocycles. The molecule has 0 atom stereocenters. The van der Waals surface area contributed by atoms with Gasteiger partial charge in [0.25, 0.3) is 0 Å². The zero-order valence-electron chi connectivity index (χ0n) is 13.7. The molecule has 134 valence electrons. The summed E-state index contributed by atoms with van der Waals surface area (Å²) in [5.74, 6) is 0.611. The second-order valence-electron chi connectivity index (χ2n) is 5.53. The molecule has 9 heteroatoms. The summed E-state index contributed by atoms with van der Waals surface area (Å²) in [6.45, 7) is 0.664. The van der Waals surface area contributed by atoms with Gasteiger partial charge in [0.05, 0.1) is 11.4 Å². The number of benzene rings is 2. The number of aromatic nitrogens is 2. The van der Waals surface area contributed by atoms with Gasteiger partial charge >= 0.3 is 0 Å². The predicted octanol–water partition coefficient (Wildman–Crippen LogP) is 2.39. The molecule has 1 heterocycles. The Balaban J connectivity index is 1.58. The maximum absolute atomic E-state index is 11.2. The first-order valence-electron chi connectivity index (χ1n) is 7.68. The first-order valence-corrected chi connectivity index (χ1v) is 9.64. The van der Waals surface area contributed by atoms with E-state index in [1.807, 2.05) is 42.6 Å². The lowest BCUT2D eigenvalue weighted by Gasteiger charge is -2.09. The molecule has 0 bridgehead atoms. The van der Waals surface area contributed by atoms with Crippen molar-refractivity contribution in [3.05, 3.63) is 72.4 Å². The fourth-order valence-electron chi connectivity index (χ4n) is 2.29. The van der Waals surface area contributed by atoms with Gasteiger partial charge in [-0.2, -0.15) is 5.10 Å². The number of nitrogens with two attached hydrogens (primary N) is 1. The van der Waals surface area contributed by atoms with Crippen molar-refractivity contribution < 1.29 is 8.42 Å². The Hall–Kier alpha value is -2.75. The maximum Gasteiger partial charge on any atom is 0.238 e. The fraction of sp³-hybridized carbons (Fsp3) is 0.0588. The Bertz CT molecular complexity index is 999. The highest BCUT2D eigenvalue weighted by molar-refractivity contribution is 7.89. The van der Waals surface area contributed by atoms with Crippen molar-refractivity contribution in [2.45, 2.75) is 11.4 Å². The average molecular weight is 387 g/mol. The van der Waals surface area contributed by atoms with Gasteiger partial charge < -0.3 is 10.6 Å². The van der Waals surface area contributed by atoms with Crippen molar-refractivity contribution in [1.29, 1.82) is 0 Å².